The van der Waals surface area contributed by atoms with E-state index in [1.807, 2.05) is 12.1 Å². The maximum Gasteiger partial charge on any atom is 0.224 e. The Hall–Kier alpha value is -1.31. The molecule has 0 bridgehead atoms. The molecule has 0 atom stereocenters. The molecule has 2 heteroatoms. The molecule has 0 heterocycles. The van der Waals surface area contributed by atoms with E-state index in [0.29, 0.717) is 6.42 Å². The Morgan fingerprint density at radius 1 is 1.13 bits per heavy atom. The lowest BCUT2D eigenvalue weighted by Crippen LogP contribution is -2.25. The van der Waals surface area contributed by atoms with Crippen LogP contribution in [0.15, 0.2) is 24.3 Å². The first kappa shape index (κ1) is 11.8. The fraction of sp³-hybridized carbons (Fsp3) is 0.462. The monoisotopic (exact) mass is 205 g/mol. The molecule has 1 aromatic carbocycles. The fourth-order valence-electron chi connectivity index (χ4n) is 1.41. The fourth-order valence-corrected chi connectivity index (χ4v) is 1.41. The Bertz CT molecular complexity index is 303. The quantitative estimate of drug-likeness (QED) is 0.785. The molecular formula is C13H19NO. The Morgan fingerprint density at radius 2 is 1.73 bits per heavy atom. The van der Waals surface area contributed by atoms with Gasteiger partial charge in [-0.2, -0.15) is 0 Å². The summed E-state index contributed by atoms with van der Waals surface area (Å²) >= 11 is 0. The molecule has 0 unspecified atom stereocenters. The lowest BCUT2D eigenvalue weighted by molar-refractivity contribution is -0.120. The molecule has 0 aromatic heterocycles. The van der Waals surface area contributed by atoms with Crippen LogP contribution in [0.4, 0.5) is 0 Å². The third-order valence-electron chi connectivity index (χ3n) is 2.37. The zero-order valence-corrected chi connectivity index (χ0v) is 9.55. The minimum absolute atomic E-state index is 0.112. The van der Waals surface area contributed by atoms with Crippen molar-refractivity contribution < 1.29 is 4.79 Å². The smallest absolute Gasteiger partial charge is 0.224 e. The molecule has 2 nitrogen and oxygen atoms in total. The highest BCUT2D eigenvalue weighted by atomic mass is 16.1. The van der Waals surface area contributed by atoms with Gasteiger partial charge in [-0.3, -0.25) is 4.79 Å². The van der Waals surface area contributed by atoms with Crippen LogP contribution in [0, 0.1) is 0 Å². The molecule has 0 aliphatic heterocycles. The average Bonchev–Trinajstić information content (AvgIpc) is 2.27. The number of carbonyl (C=O) groups excluding carboxylic acids is 1. The molecule has 82 valence electrons. The second-order valence-electron chi connectivity index (χ2n) is 3.70. The van der Waals surface area contributed by atoms with Crippen molar-refractivity contribution in [3.05, 3.63) is 35.4 Å². The Labute approximate surface area is 91.7 Å². The van der Waals surface area contributed by atoms with Crippen molar-refractivity contribution in [2.45, 2.75) is 33.1 Å². The predicted octanol–water partition coefficient (Wildman–Crippen LogP) is 2.32. The maximum absolute atomic E-state index is 11.4. The number of amides is 1. The van der Waals surface area contributed by atoms with Crippen molar-refractivity contribution in [3.8, 4) is 0 Å². The van der Waals surface area contributed by atoms with Crippen LogP contribution in [0.3, 0.4) is 0 Å². The number of hydrogen-bond acceptors (Lipinski definition) is 1. The molecule has 0 radical (unpaired) electrons. The van der Waals surface area contributed by atoms with Crippen LogP contribution in [0.5, 0.6) is 0 Å². The predicted molar refractivity (Wildman–Crippen MR) is 62.8 cm³/mol. The second kappa shape index (κ2) is 6.23. The van der Waals surface area contributed by atoms with E-state index in [9.17, 15) is 4.79 Å². The summed E-state index contributed by atoms with van der Waals surface area (Å²) in [5.74, 6) is 0.112. The largest absolute Gasteiger partial charge is 0.356 e. The SMILES string of the molecule is CCCNC(=O)Cc1ccc(CC)cc1. The normalized spacial score (nSPS) is 10.0. The standard InChI is InChI=1S/C13H19NO/c1-3-9-14-13(15)10-12-7-5-11(4-2)6-8-12/h5-8H,3-4,9-10H2,1-2H3,(H,14,15). The van der Waals surface area contributed by atoms with Crippen molar-refractivity contribution in [2.75, 3.05) is 6.54 Å². The van der Waals surface area contributed by atoms with Crippen LogP contribution in [-0.2, 0) is 17.6 Å². The van der Waals surface area contributed by atoms with Gasteiger partial charge in [0.2, 0.25) is 5.91 Å². The van der Waals surface area contributed by atoms with Crippen LogP contribution >= 0.6 is 0 Å². The number of benzene rings is 1. The van der Waals surface area contributed by atoms with Crippen molar-refractivity contribution in [2.24, 2.45) is 0 Å². The van der Waals surface area contributed by atoms with E-state index in [1.165, 1.54) is 5.56 Å². The maximum atomic E-state index is 11.4. The minimum Gasteiger partial charge on any atom is -0.356 e. The topological polar surface area (TPSA) is 29.1 Å². The number of aryl methyl sites for hydroxylation is 1. The molecule has 0 saturated heterocycles. The van der Waals surface area contributed by atoms with Gasteiger partial charge in [0.15, 0.2) is 0 Å². The first-order valence-corrected chi connectivity index (χ1v) is 5.60. The van der Waals surface area contributed by atoms with E-state index in [0.717, 1.165) is 24.9 Å². The highest BCUT2D eigenvalue weighted by Crippen LogP contribution is 2.05. The van der Waals surface area contributed by atoms with Crippen molar-refractivity contribution in [3.63, 3.8) is 0 Å². The van der Waals surface area contributed by atoms with Gasteiger partial charge in [-0.15, -0.1) is 0 Å². The Morgan fingerprint density at radius 3 is 2.27 bits per heavy atom. The first-order chi connectivity index (χ1) is 7.26. The van der Waals surface area contributed by atoms with Gasteiger partial charge < -0.3 is 5.32 Å². The summed E-state index contributed by atoms with van der Waals surface area (Å²) in [5, 5.41) is 2.87. The molecule has 0 saturated carbocycles. The summed E-state index contributed by atoms with van der Waals surface area (Å²) in [5.41, 5.74) is 2.40. The van der Waals surface area contributed by atoms with Crippen LogP contribution in [-0.4, -0.2) is 12.5 Å². The zero-order valence-electron chi connectivity index (χ0n) is 9.55. The Balaban J connectivity index is 2.46. The number of carbonyl (C=O) groups is 1. The number of nitrogens with one attached hydrogen (secondary N) is 1. The van der Waals surface area contributed by atoms with Gasteiger partial charge in [0.25, 0.3) is 0 Å². The molecule has 0 aliphatic carbocycles. The molecule has 1 aromatic rings. The summed E-state index contributed by atoms with van der Waals surface area (Å²) in [6, 6.07) is 8.24. The molecule has 1 N–H and O–H groups in total. The van der Waals surface area contributed by atoms with Crippen molar-refractivity contribution in [1.82, 2.24) is 5.32 Å². The highest BCUT2D eigenvalue weighted by Gasteiger charge is 2.01. The molecular weight excluding hydrogens is 186 g/mol. The van der Waals surface area contributed by atoms with Gasteiger partial charge in [-0.25, -0.2) is 0 Å². The van der Waals surface area contributed by atoms with Gasteiger partial charge >= 0.3 is 0 Å². The van der Waals surface area contributed by atoms with Crippen molar-refractivity contribution >= 4 is 5.91 Å². The van der Waals surface area contributed by atoms with E-state index in [1.54, 1.807) is 0 Å². The van der Waals surface area contributed by atoms with E-state index in [2.05, 4.69) is 31.3 Å². The minimum atomic E-state index is 0.112. The van der Waals surface area contributed by atoms with Gasteiger partial charge in [0.05, 0.1) is 6.42 Å². The van der Waals surface area contributed by atoms with Gasteiger partial charge in [0, 0.05) is 6.54 Å². The van der Waals surface area contributed by atoms with Crippen LogP contribution in [0.1, 0.15) is 31.4 Å². The highest BCUT2D eigenvalue weighted by molar-refractivity contribution is 5.78. The zero-order chi connectivity index (χ0) is 11.1. The van der Waals surface area contributed by atoms with Crippen LogP contribution in [0.2, 0.25) is 0 Å². The van der Waals surface area contributed by atoms with E-state index in [-0.39, 0.29) is 5.91 Å². The summed E-state index contributed by atoms with van der Waals surface area (Å²) < 4.78 is 0. The molecule has 1 amide bonds. The van der Waals surface area contributed by atoms with Gasteiger partial charge in [0.1, 0.15) is 0 Å². The summed E-state index contributed by atoms with van der Waals surface area (Å²) in [6.45, 7) is 4.95. The Kier molecular flexibility index (Phi) is 4.88. The third kappa shape index (κ3) is 4.15. The lowest BCUT2D eigenvalue weighted by Gasteiger charge is -2.04. The van der Waals surface area contributed by atoms with Crippen LogP contribution < -0.4 is 5.32 Å². The average molecular weight is 205 g/mol. The van der Waals surface area contributed by atoms with Gasteiger partial charge in [-0.1, -0.05) is 38.1 Å². The van der Waals surface area contributed by atoms with Crippen LogP contribution in [0.25, 0.3) is 0 Å². The molecule has 0 fully saturated rings. The first-order valence-electron chi connectivity index (χ1n) is 5.60. The third-order valence-corrected chi connectivity index (χ3v) is 2.37. The number of hydrogen-bond donors (Lipinski definition) is 1. The molecule has 15 heavy (non-hydrogen) atoms. The van der Waals surface area contributed by atoms with E-state index >= 15 is 0 Å². The lowest BCUT2D eigenvalue weighted by atomic mass is 10.1. The molecule has 1 rings (SSSR count). The molecule has 0 spiro atoms. The second-order valence-corrected chi connectivity index (χ2v) is 3.70. The van der Waals surface area contributed by atoms with Gasteiger partial charge in [-0.05, 0) is 24.0 Å². The summed E-state index contributed by atoms with van der Waals surface area (Å²) in [7, 11) is 0. The summed E-state index contributed by atoms with van der Waals surface area (Å²) in [6.07, 6.45) is 2.52. The summed E-state index contributed by atoms with van der Waals surface area (Å²) in [4.78, 5) is 11.4. The van der Waals surface area contributed by atoms with E-state index < -0.39 is 0 Å². The number of rotatable bonds is 5. The van der Waals surface area contributed by atoms with E-state index in [4.69, 9.17) is 0 Å². The van der Waals surface area contributed by atoms with Crippen molar-refractivity contribution in [1.29, 1.82) is 0 Å². The molecule has 0 aliphatic rings.